The van der Waals surface area contributed by atoms with Crippen LogP contribution in [0.25, 0.3) is 16.6 Å². The number of pyridine rings is 1. The Hall–Kier alpha value is -3.10. The van der Waals surface area contributed by atoms with E-state index in [4.69, 9.17) is 33.3 Å². The van der Waals surface area contributed by atoms with E-state index in [1.54, 1.807) is 29.5 Å². The van der Waals surface area contributed by atoms with Gasteiger partial charge in [-0.25, -0.2) is 14.8 Å². The van der Waals surface area contributed by atoms with E-state index < -0.39 is 5.97 Å². The Morgan fingerprint density at radius 3 is 2.91 bits per heavy atom. The van der Waals surface area contributed by atoms with Crippen LogP contribution in [0.4, 0.5) is 5.82 Å². The van der Waals surface area contributed by atoms with Crippen LogP contribution in [0.2, 0.25) is 10.0 Å². The molecular formula is C22H20Cl2N6O2. The summed E-state index contributed by atoms with van der Waals surface area (Å²) in [5, 5.41) is 15.1. The Bertz CT molecular complexity index is 1290. The maximum atomic E-state index is 11.1. The van der Waals surface area contributed by atoms with Crippen molar-refractivity contribution in [2.24, 2.45) is 0 Å². The number of rotatable bonds is 6. The minimum absolute atomic E-state index is 0.195. The number of imidazole rings is 1. The van der Waals surface area contributed by atoms with Crippen LogP contribution in [0.3, 0.4) is 0 Å². The molecule has 0 radical (unpaired) electrons. The van der Waals surface area contributed by atoms with Crippen LogP contribution in [0.1, 0.15) is 29.6 Å². The molecule has 1 aliphatic rings. The van der Waals surface area contributed by atoms with Gasteiger partial charge in [-0.2, -0.15) is 5.10 Å². The van der Waals surface area contributed by atoms with Gasteiger partial charge in [0.15, 0.2) is 0 Å². The summed E-state index contributed by atoms with van der Waals surface area (Å²) in [5.41, 5.74) is 1.79. The van der Waals surface area contributed by atoms with Crippen LogP contribution >= 0.6 is 23.2 Å². The Morgan fingerprint density at radius 2 is 2.16 bits per heavy atom. The first-order valence-corrected chi connectivity index (χ1v) is 11.1. The monoisotopic (exact) mass is 470 g/mol. The molecule has 0 saturated carbocycles. The predicted octanol–water partition coefficient (Wildman–Crippen LogP) is 4.68. The van der Waals surface area contributed by atoms with Crippen molar-refractivity contribution in [2.75, 3.05) is 11.4 Å². The average molecular weight is 471 g/mol. The van der Waals surface area contributed by atoms with Crippen molar-refractivity contribution in [3.05, 3.63) is 64.9 Å². The predicted molar refractivity (Wildman–Crippen MR) is 123 cm³/mol. The molecule has 10 heteroatoms. The summed E-state index contributed by atoms with van der Waals surface area (Å²) in [5.74, 6) is -0.138. The molecule has 1 saturated heterocycles. The summed E-state index contributed by atoms with van der Waals surface area (Å²) in [6.07, 6.45) is 11.2. The molecule has 1 aromatic carbocycles. The second kappa shape index (κ2) is 8.44. The quantitative estimate of drug-likeness (QED) is 0.439. The van der Waals surface area contributed by atoms with Crippen molar-refractivity contribution < 1.29 is 9.90 Å². The lowest BCUT2D eigenvalue weighted by Gasteiger charge is -2.27. The molecular weight excluding hydrogens is 451 g/mol. The normalized spacial score (nSPS) is 16.2. The zero-order chi connectivity index (χ0) is 22.2. The molecule has 1 aliphatic heterocycles. The van der Waals surface area contributed by atoms with Gasteiger partial charge in [-0.3, -0.25) is 4.68 Å². The number of anilines is 1. The third-order valence-electron chi connectivity index (χ3n) is 5.86. The van der Waals surface area contributed by atoms with E-state index in [9.17, 15) is 4.79 Å². The number of carboxylic acid groups (broad SMARTS) is 1. The zero-order valence-electron chi connectivity index (χ0n) is 17.0. The summed E-state index contributed by atoms with van der Waals surface area (Å²) >= 11 is 12.8. The van der Waals surface area contributed by atoms with Crippen LogP contribution in [-0.4, -0.2) is 48.0 Å². The number of aromatic carboxylic acids is 1. The average Bonchev–Trinajstić information content (AvgIpc) is 3.55. The molecule has 0 unspecified atom stereocenters. The van der Waals surface area contributed by atoms with Crippen molar-refractivity contribution in [3.63, 3.8) is 0 Å². The fourth-order valence-electron chi connectivity index (χ4n) is 4.28. The van der Waals surface area contributed by atoms with Gasteiger partial charge in [0.2, 0.25) is 0 Å². The molecule has 1 atom stereocenters. The van der Waals surface area contributed by atoms with E-state index in [0.29, 0.717) is 22.1 Å². The lowest BCUT2D eigenvalue weighted by molar-refractivity contribution is 0.0696. The smallest absolute Gasteiger partial charge is 0.338 e. The maximum Gasteiger partial charge on any atom is 0.338 e. The number of fused-ring (bicyclic) bond motifs is 1. The van der Waals surface area contributed by atoms with Gasteiger partial charge in [0.1, 0.15) is 5.82 Å². The Labute approximate surface area is 194 Å². The fourth-order valence-corrected chi connectivity index (χ4v) is 4.64. The lowest BCUT2D eigenvalue weighted by Crippen LogP contribution is -2.31. The molecule has 0 aliphatic carbocycles. The summed E-state index contributed by atoms with van der Waals surface area (Å²) in [7, 11) is 0. The van der Waals surface area contributed by atoms with Crippen molar-refractivity contribution >= 4 is 45.9 Å². The number of hydrogen-bond donors (Lipinski definition) is 1. The molecule has 5 rings (SSSR count). The van der Waals surface area contributed by atoms with Crippen LogP contribution < -0.4 is 4.90 Å². The second-order valence-electron chi connectivity index (χ2n) is 7.80. The highest BCUT2D eigenvalue weighted by Crippen LogP contribution is 2.36. The number of aryl methyl sites for hydroxylation is 1. The molecule has 1 N–H and O–H groups in total. The molecule has 0 amide bonds. The van der Waals surface area contributed by atoms with E-state index in [-0.39, 0.29) is 11.6 Å². The molecule has 8 nitrogen and oxygen atoms in total. The van der Waals surface area contributed by atoms with E-state index in [0.717, 1.165) is 42.7 Å². The van der Waals surface area contributed by atoms with Crippen LogP contribution in [-0.2, 0) is 6.54 Å². The number of benzene rings is 1. The van der Waals surface area contributed by atoms with Gasteiger partial charge in [-0.15, -0.1) is 0 Å². The van der Waals surface area contributed by atoms with E-state index in [1.807, 2.05) is 16.8 Å². The zero-order valence-corrected chi connectivity index (χ0v) is 18.5. The van der Waals surface area contributed by atoms with Crippen molar-refractivity contribution in [3.8, 4) is 5.69 Å². The van der Waals surface area contributed by atoms with Gasteiger partial charge in [-0.05, 0) is 31.4 Å². The Morgan fingerprint density at radius 1 is 1.28 bits per heavy atom. The number of hydrogen-bond acceptors (Lipinski definition) is 5. The Kier molecular flexibility index (Phi) is 5.48. The highest BCUT2D eigenvalue weighted by atomic mass is 35.5. The third kappa shape index (κ3) is 3.80. The molecule has 0 spiro atoms. The topological polar surface area (TPSA) is 89.1 Å². The molecule has 3 aromatic heterocycles. The van der Waals surface area contributed by atoms with Gasteiger partial charge >= 0.3 is 5.97 Å². The number of nitrogens with zero attached hydrogens (tertiary/aromatic N) is 6. The van der Waals surface area contributed by atoms with E-state index in [2.05, 4.69) is 21.0 Å². The van der Waals surface area contributed by atoms with Crippen LogP contribution in [0, 0.1) is 0 Å². The van der Waals surface area contributed by atoms with Gasteiger partial charge in [0.25, 0.3) is 0 Å². The highest BCUT2D eigenvalue weighted by Gasteiger charge is 2.27. The number of aromatic nitrogens is 5. The van der Waals surface area contributed by atoms with E-state index >= 15 is 0 Å². The van der Waals surface area contributed by atoms with E-state index in [1.165, 1.54) is 6.20 Å². The minimum atomic E-state index is -0.971. The molecule has 4 heterocycles. The number of carboxylic acids is 1. The summed E-state index contributed by atoms with van der Waals surface area (Å²) in [6.45, 7) is 1.51. The first-order valence-electron chi connectivity index (χ1n) is 10.3. The van der Waals surface area contributed by atoms with Crippen LogP contribution in [0.5, 0.6) is 0 Å². The van der Waals surface area contributed by atoms with Gasteiger partial charge in [0, 0.05) is 49.2 Å². The highest BCUT2D eigenvalue weighted by molar-refractivity contribution is 6.45. The summed E-state index contributed by atoms with van der Waals surface area (Å²) < 4.78 is 3.63. The lowest BCUT2D eigenvalue weighted by atomic mass is 10.1. The number of halogens is 2. The molecule has 1 fully saturated rings. The molecule has 4 aromatic rings. The van der Waals surface area contributed by atoms with Crippen molar-refractivity contribution in [2.45, 2.75) is 31.8 Å². The SMILES string of the molecule is O=C(O)c1cnn(CC[C@@H]2CCCN2c2cc(-n3ccnc3)c3ccc(Cl)c(Cl)c3n2)c1. The van der Waals surface area contributed by atoms with Gasteiger partial charge in [0.05, 0.1) is 39.3 Å². The first kappa shape index (κ1) is 20.8. The van der Waals surface area contributed by atoms with Crippen molar-refractivity contribution in [1.82, 2.24) is 24.3 Å². The van der Waals surface area contributed by atoms with Crippen LogP contribution in [0.15, 0.2) is 49.3 Å². The standard InChI is InChI=1S/C22H20Cl2N6O2/c23-17-4-3-16-18(28-9-6-25-13-28)10-19(27-21(16)20(17)24)30-7-1-2-15(30)5-8-29-12-14(11-26-29)22(31)32/h3-4,6,9-13,15H,1-2,5,7-8H2,(H,31,32)/t15-/m0/s1. The second-order valence-corrected chi connectivity index (χ2v) is 8.59. The molecule has 32 heavy (non-hydrogen) atoms. The largest absolute Gasteiger partial charge is 0.478 e. The fraction of sp³-hybridized carbons (Fsp3) is 0.273. The maximum absolute atomic E-state index is 11.1. The first-order chi connectivity index (χ1) is 15.5. The molecule has 0 bridgehead atoms. The molecule has 164 valence electrons. The minimum Gasteiger partial charge on any atom is -0.478 e. The van der Waals surface area contributed by atoms with Gasteiger partial charge < -0.3 is 14.6 Å². The summed E-state index contributed by atoms with van der Waals surface area (Å²) in [4.78, 5) is 22.5. The van der Waals surface area contributed by atoms with Crippen molar-refractivity contribution in [1.29, 1.82) is 0 Å². The number of carbonyl (C=O) groups is 1. The van der Waals surface area contributed by atoms with Gasteiger partial charge in [-0.1, -0.05) is 23.2 Å². The third-order valence-corrected chi connectivity index (χ3v) is 6.66. The summed E-state index contributed by atoms with van der Waals surface area (Å²) in [6, 6.07) is 6.02. The Balaban J connectivity index is 1.48.